The highest BCUT2D eigenvalue weighted by molar-refractivity contribution is 14.0. The van der Waals surface area contributed by atoms with Crippen molar-refractivity contribution in [1.29, 1.82) is 0 Å². The van der Waals surface area contributed by atoms with E-state index in [2.05, 4.69) is 35.8 Å². The molecule has 0 bridgehead atoms. The molecular formula is C19H31F3IN7. The molecular weight excluding hydrogens is 510 g/mol. The third-order valence-corrected chi connectivity index (χ3v) is 5.36. The molecule has 2 aliphatic rings. The number of nitrogens with one attached hydrogen (secondary N) is 3. The molecule has 0 radical (unpaired) electrons. The molecule has 1 atom stereocenters. The summed E-state index contributed by atoms with van der Waals surface area (Å²) in [5.41, 5.74) is -0.957. The van der Waals surface area contributed by atoms with Crippen molar-refractivity contribution in [3.8, 4) is 0 Å². The Morgan fingerprint density at radius 2 is 2.03 bits per heavy atom. The van der Waals surface area contributed by atoms with Gasteiger partial charge in [0.1, 0.15) is 5.69 Å². The van der Waals surface area contributed by atoms with Gasteiger partial charge in [-0.25, -0.2) is 9.97 Å². The fourth-order valence-electron chi connectivity index (χ4n) is 3.96. The van der Waals surface area contributed by atoms with E-state index in [1.807, 2.05) is 6.92 Å². The molecule has 0 amide bonds. The standard InChI is InChI=1S/C19H30F3N7.HI/c1-2-23-17(27-14-8-12-29(13-14)15-5-3-4-6-15)25-10-11-26-18-24-9-7-16(28-18)19(20,21)22;/h7,9,14-15H,2-6,8,10-13H2,1H3,(H2,23,25,27)(H,24,26,28);1H. The summed E-state index contributed by atoms with van der Waals surface area (Å²) in [6.07, 6.45) is 3.01. The first kappa shape index (κ1) is 24.9. The fraction of sp³-hybridized carbons (Fsp3) is 0.737. The Labute approximate surface area is 192 Å². The highest BCUT2D eigenvalue weighted by Gasteiger charge is 2.33. The topological polar surface area (TPSA) is 77.5 Å². The molecule has 1 saturated carbocycles. The Kier molecular flexibility index (Phi) is 9.85. The summed E-state index contributed by atoms with van der Waals surface area (Å²) in [4.78, 5) is 14.4. The number of hydrogen-bond acceptors (Lipinski definition) is 5. The normalized spacial score (nSPS) is 20.8. The lowest BCUT2D eigenvalue weighted by molar-refractivity contribution is -0.141. The summed E-state index contributed by atoms with van der Waals surface area (Å²) in [5.74, 6) is 0.688. The summed E-state index contributed by atoms with van der Waals surface area (Å²) in [5, 5.41) is 9.52. The summed E-state index contributed by atoms with van der Waals surface area (Å²) in [6, 6.07) is 1.96. The van der Waals surface area contributed by atoms with Gasteiger partial charge in [-0.15, -0.1) is 24.0 Å². The van der Waals surface area contributed by atoms with E-state index in [-0.39, 0.29) is 29.9 Å². The van der Waals surface area contributed by atoms with Gasteiger partial charge in [-0.05, 0) is 32.3 Å². The van der Waals surface area contributed by atoms with Crippen molar-refractivity contribution in [2.45, 2.75) is 57.3 Å². The second-order valence-electron chi connectivity index (χ2n) is 7.51. The molecule has 1 saturated heterocycles. The Bertz CT molecular complexity index is 680. The Morgan fingerprint density at radius 3 is 2.73 bits per heavy atom. The maximum Gasteiger partial charge on any atom is 0.433 e. The minimum atomic E-state index is -4.48. The zero-order valence-corrected chi connectivity index (χ0v) is 19.5. The van der Waals surface area contributed by atoms with Crippen molar-refractivity contribution in [2.24, 2.45) is 4.99 Å². The van der Waals surface area contributed by atoms with Crippen LogP contribution >= 0.6 is 24.0 Å². The predicted octanol–water partition coefficient (Wildman–Crippen LogP) is 3.10. The maximum atomic E-state index is 12.7. The lowest BCUT2D eigenvalue weighted by Gasteiger charge is -2.24. The van der Waals surface area contributed by atoms with Gasteiger partial charge in [-0.2, -0.15) is 13.2 Å². The van der Waals surface area contributed by atoms with Crippen LogP contribution in [0.3, 0.4) is 0 Å². The van der Waals surface area contributed by atoms with Crippen molar-refractivity contribution in [1.82, 2.24) is 25.5 Å². The number of anilines is 1. The predicted molar refractivity (Wildman–Crippen MR) is 122 cm³/mol. The van der Waals surface area contributed by atoms with Crippen LogP contribution in [0, 0.1) is 0 Å². The smallest absolute Gasteiger partial charge is 0.357 e. The second kappa shape index (κ2) is 11.9. The number of rotatable bonds is 7. The van der Waals surface area contributed by atoms with E-state index in [0.717, 1.165) is 50.3 Å². The molecule has 170 valence electrons. The van der Waals surface area contributed by atoms with Crippen LogP contribution in [-0.4, -0.2) is 65.6 Å². The summed E-state index contributed by atoms with van der Waals surface area (Å²) in [6.45, 7) is 5.65. The summed E-state index contributed by atoms with van der Waals surface area (Å²) >= 11 is 0. The van der Waals surface area contributed by atoms with Crippen LogP contribution in [0.15, 0.2) is 17.3 Å². The minimum absolute atomic E-state index is 0. The molecule has 3 rings (SSSR count). The first-order valence-electron chi connectivity index (χ1n) is 10.4. The van der Waals surface area contributed by atoms with E-state index in [0.29, 0.717) is 19.1 Å². The van der Waals surface area contributed by atoms with Gasteiger partial charge in [0.25, 0.3) is 0 Å². The van der Waals surface area contributed by atoms with Crippen molar-refractivity contribution in [3.05, 3.63) is 18.0 Å². The third-order valence-electron chi connectivity index (χ3n) is 5.36. The van der Waals surface area contributed by atoms with Gasteiger partial charge in [0.05, 0.1) is 6.54 Å². The molecule has 3 N–H and O–H groups in total. The van der Waals surface area contributed by atoms with Gasteiger partial charge in [0, 0.05) is 44.5 Å². The molecule has 1 aliphatic heterocycles. The molecule has 2 heterocycles. The molecule has 0 spiro atoms. The van der Waals surface area contributed by atoms with Gasteiger partial charge < -0.3 is 16.0 Å². The number of alkyl halides is 3. The van der Waals surface area contributed by atoms with Crippen molar-refractivity contribution < 1.29 is 13.2 Å². The van der Waals surface area contributed by atoms with Crippen LogP contribution < -0.4 is 16.0 Å². The van der Waals surface area contributed by atoms with Crippen LogP contribution in [0.2, 0.25) is 0 Å². The molecule has 0 aromatic carbocycles. The highest BCUT2D eigenvalue weighted by atomic mass is 127. The van der Waals surface area contributed by atoms with Crippen LogP contribution in [0.5, 0.6) is 0 Å². The Balaban J connectivity index is 0.00000320. The largest absolute Gasteiger partial charge is 0.433 e. The zero-order valence-electron chi connectivity index (χ0n) is 17.2. The molecule has 1 aliphatic carbocycles. The number of nitrogens with zero attached hydrogens (tertiary/aromatic N) is 4. The Hall–Kier alpha value is -1.37. The van der Waals surface area contributed by atoms with E-state index < -0.39 is 11.9 Å². The lowest BCUT2D eigenvalue weighted by Crippen LogP contribution is -2.45. The fourth-order valence-corrected chi connectivity index (χ4v) is 3.96. The van der Waals surface area contributed by atoms with Crippen LogP contribution in [-0.2, 0) is 6.18 Å². The summed E-state index contributed by atoms with van der Waals surface area (Å²) in [7, 11) is 0. The zero-order chi connectivity index (χ0) is 20.7. The van der Waals surface area contributed by atoms with Crippen molar-refractivity contribution in [2.75, 3.05) is 38.0 Å². The molecule has 30 heavy (non-hydrogen) atoms. The number of aliphatic imine (C=N–C) groups is 1. The molecule has 1 aromatic rings. The van der Waals surface area contributed by atoms with E-state index in [1.54, 1.807) is 0 Å². The van der Waals surface area contributed by atoms with Crippen molar-refractivity contribution in [3.63, 3.8) is 0 Å². The number of likely N-dealkylation sites (tertiary alicyclic amines) is 1. The second-order valence-corrected chi connectivity index (χ2v) is 7.51. The minimum Gasteiger partial charge on any atom is -0.357 e. The number of hydrogen-bond donors (Lipinski definition) is 3. The van der Waals surface area contributed by atoms with E-state index in [1.165, 1.54) is 25.7 Å². The van der Waals surface area contributed by atoms with Crippen LogP contribution in [0.4, 0.5) is 19.1 Å². The van der Waals surface area contributed by atoms with E-state index in [4.69, 9.17) is 0 Å². The van der Waals surface area contributed by atoms with Gasteiger partial charge in [-0.3, -0.25) is 9.89 Å². The third kappa shape index (κ3) is 7.40. The highest BCUT2D eigenvalue weighted by Crippen LogP contribution is 2.28. The molecule has 11 heteroatoms. The molecule has 1 unspecified atom stereocenters. The average molecular weight is 541 g/mol. The molecule has 7 nitrogen and oxygen atoms in total. The monoisotopic (exact) mass is 541 g/mol. The number of guanidine groups is 1. The first-order valence-corrected chi connectivity index (χ1v) is 10.4. The van der Waals surface area contributed by atoms with Gasteiger partial charge in [-0.1, -0.05) is 12.8 Å². The van der Waals surface area contributed by atoms with Crippen molar-refractivity contribution >= 4 is 35.9 Å². The molecule has 2 fully saturated rings. The lowest BCUT2D eigenvalue weighted by atomic mass is 10.2. The van der Waals surface area contributed by atoms with E-state index >= 15 is 0 Å². The number of halogens is 4. The SMILES string of the molecule is CCNC(=NCCNc1nccc(C(F)(F)F)n1)NC1CCN(C2CCCC2)C1.I. The van der Waals surface area contributed by atoms with E-state index in [9.17, 15) is 13.2 Å². The summed E-state index contributed by atoms with van der Waals surface area (Å²) < 4.78 is 38.1. The van der Waals surface area contributed by atoms with Gasteiger partial charge >= 0.3 is 6.18 Å². The quantitative estimate of drug-likeness (QED) is 0.213. The molecule has 1 aromatic heterocycles. The Morgan fingerprint density at radius 1 is 1.27 bits per heavy atom. The average Bonchev–Trinajstić information content (AvgIpc) is 3.36. The maximum absolute atomic E-state index is 12.7. The van der Waals surface area contributed by atoms with Crippen LogP contribution in [0.25, 0.3) is 0 Å². The first-order chi connectivity index (χ1) is 14.0. The van der Waals surface area contributed by atoms with Gasteiger partial charge in [0.2, 0.25) is 5.95 Å². The van der Waals surface area contributed by atoms with Gasteiger partial charge in [0.15, 0.2) is 5.96 Å². The van der Waals surface area contributed by atoms with Crippen LogP contribution in [0.1, 0.15) is 44.7 Å². The number of aromatic nitrogens is 2.